The second-order valence-electron chi connectivity index (χ2n) is 12.6. The van der Waals surface area contributed by atoms with Crippen LogP contribution in [0.4, 0.5) is 5.00 Å². The van der Waals surface area contributed by atoms with Gasteiger partial charge in [-0.15, -0.1) is 11.3 Å². The second-order valence-corrected chi connectivity index (χ2v) is 13.7. The van der Waals surface area contributed by atoms with Crippen LogP contribution in [0.1, 0.15) is 70.7 Å². The van der Waals surface area contributed by atoms with Crippen LogP contribution in [-0.4, -0.2) is 35.3 Å². The largest absolute Gasteiger partial charge is 0.511 e. The fourth-order valence-electron chi connectivity index (χ4n) is 7.41. The van der Waals surface area contributed by atoms with Crippen molar-refractivity contribution >= 4 is 45.0 Å². The first-order valence-electron chi connectivity index (χ1n) is 15.9. The van der Waals surface area contributed by atoms with E-state index in [0.717, 1.165) is 95.9 Å². The zero-order valence-corrected chi connectivity index (χ0v) is 28.1. The van der Waals surface area contributed by atoms with Crippen molar-refractivity contribution in [2.24, 2.45) is 26.8 Å². The van der Waals surface area contributed by atoms with Crippen LogP contribution in [0, 0.1) is 23.2 Å². The Morgan fingerprint density at radius 3 is 2.55 bits per heavy atom. The number of nitriles is 1. The van der Waals surface area contributed by atoms with Gasteiger partial charge in [0.25, 0.3) is 0 Å². The van der Waals surface area contributed by atoms with Crippen molar-refractivity contribution < 1.29 is 14.6 Å². The number of allylic oxidation sites excluding steroid dienone is 12. The number of nitrogens with two attached hydrogens (primary N) is 1. The summed E-state index contributed by atoms with van der Waals surface area (Å²) in [4.78, 5) is 28.6. The Morgan fingerprint density at radius 1 is 1.11 bits per heavy atom. The van der Waals surface area contributed by atoms with Crippen LogP contribution in [0.5, 0.6) is 0 Å². The van der Waals surface area contributed by atoms with Gasteiger partial charge in [0.05, 0.1) is 46.9 Å². The highest BCUT2D eigenvalue weighted by atomic mass is 32.1. The molecule has 0 unspecified atom stereocenters. The molecule has 1 aromatic heterocycles. The van der Waals surface area contributed by atoms with E-state index in [1.165, 1.54) is 18.4 Å². The SMILES string of the molecule is CCC1=C(C)C2=NC1=CC1=C(C)C3=C(O)CC(=C4NC(=CC5=NC(=C2)C(c2cc(C#N)c(N)s2)=C5C)[C@@H](C)[C@@H]4CCC(=O)OC)C3=N1. The highest BCUT2D eigenvalue weighted by molar-refractivity contribution is 7.17. The number of esters is 1. The number of hydrogen-bond donors (Lipinski definition) is 3. The third kappa shape index (κ3) is 4.80. The molecular weight excluding hydrogens is 609 g/mol. The Kier molecular flexibility index (Phi) is 7.40. The van der Waals surface area contributed by atoms with Crippen LogP contribution in [0.25, 0.3) is 5.57 Å². The van der Waals surface area contributed by atoms with E-state index in [9.17, 15) is 15.2 Å². The number of thiophene rings is 1. The van der Waals surface area contributed by atoms with Gasteiger partial charge in [-0.1, -0.05) is 13.8 Å². The van der Waals surface area contributed by atoms with Crippen LogP contribution >= 0.6 is 11.3 Å². The molecule has 0 spiro atoms. The number of nitrogens with one attached hydrogen (secondary N) is 1. The van der Waals surface area contributed by atoms with Crippen molar-refractivity contribution in [3.63, 3.8) is 0 Å². The number of ether oxygens (including phenoxy) is 1. The zero-order valence-electron chi connectivity index (χ0n) is 27.3. The molecule has 1 aromatic rings. The summed E-state index contributed by atoms with van der Waals surface area (Å²) in [5.74, 6) is 0.0391. The smallest absolute Gasteiger partial charge is 0.305 e. The predicted molar refractivity (Wildman–Crippen MR) is 187 cm³/mol. The molecule has 1 aliphatic carbocycles. The molecule has 7 rings (SSSR count). The molecule has 0 radical (unpaired) electrons. The van der Waals surface area contributed by atoms with Crippen LogP contribution in [0.15, 0.2) is 107 Å². The molecule has 8 bridgehead atoms. The van der Waals surface area contributed by atoms with Gasteiger partial charge in [0.1, 0.15) is 16.8 Å². The van der Waals surface area contributed by atoms with Crippen LogP contribution in [0.3, 0.4) is 0 Å². The monoisotopic (exact) mass is 644 g/mol. The molecular formula is C37H36N6O3S. The van der Waals surface area contributed by atoms with Crippen LogP contribution < -0.4 is 11.1 Å². The minimum atomic E-state index is -0.258. The van der Waals surface area contributed by atoms with E-state index in [0.29, 0.717) is 29.2 Å². The summed E-state index contributed by atoms with van der Waals surface area (Å²) in [5, 5.41) is 25.1. The Bertz CT molecular complexity index is 2100. The Labute approximate surface area is 278 Å². The van der Waals surface area contributed by atoms with E-state index < -0.39 is 0 Å². The number of carbonyl (C=O) groups is 1. The van der Waals surface area contributed by atoms with Gasteiger partial charge in [0.15, 0.2) is 0 Å². The lowest BCUT2D eigenvalue weighted by Crippen LogP contribution is -2.16. The van der Waals surface area contributed by atoms with Crippen molar-refractivity contribution in [2.45, 2.75) is 60.3 Å². The molecule has 1 fully saturated rings. The quantitative estimate of drug-likeness (QED) is 0.287. The molecule has 5 aliphatic heterocycles. The minimum Gasteiger partial charge on any atom is -0.511 e. The van der Waals surface area contributed by atoms with Gasteiger partial charge in [-0.05, 0) is 80.2 Å². The maximum Gasteiger partial charge on any atom is 0.305 e. The van der Waals surface area contributed by atoms with Crippen LogP contribution in [-0.2, 0) is 9.53 Å². The molecule has 6 heterocycles. The number of nitrogens with zero attached hydrogens (tertiary/aromatic N) is 4. The number of aliphatic hydroxyl groups excluding tert-OH is 1. The van der Waals surface area contributed by atoms with Gasteiger partial charge >= 0.3 is 5.97 Å². The van der Waals surface area contributed by atoms with Gasteiger partial charge in [-0.25, -0.2) is 15.0 Å². The highest BCUT2D eigenvalue weighted by Gasteiger charge is 2.41. The average Bonchev–Trinajstić information content (AvgIpc) is 3.86. The number of aliphatic hydroxyl groups is 1. The third-order valence-electron chi connectivity index (χ3n) is 10.1. The maximum atomic E-state index is 12.3. The summed E-state index contributed by atoms with van der Waals surface area (Å²) < 4.78 is 5.00. The lowest BCUT2D eigenvalue weighted by molar-refractivity contribution is -0.140. The number of methoxy groups -OCH3 is 1. The van der Waals surface area contributed by atoms with Crippen molar-refractivity contribution in [3.05, 3.63) is 102 Å². The van der Waals surface area contributed by atoms with E-state index in [1.54, 1.807) is 0 Å². The summed E-state index contributed by atoms with van der Waals surface area (Å²) in [6.07, 6.45) is 8.15. The summed E-state index contributed by atoms with van der Waals surface area (Å²) in [6.45, 7) is 10.4. The highest BCUT2D eigenvalue weighted by Crippen LogP contribution is 2.47. The predicted octanol–water partition coefficient (Wildman–Crippen LogP) is 7.28. The number of rotatable bonds is 5. The summed E-state index contributed by atoms with van der Waals surface area (Å²) in [7, 11) is 1.41. The molecule has 4 N–H and O–H groups in total. The van der Waals surface area contributed by atoms with Gasteiger partial charge in [-0.3, -0.25) is 4.79 Å². The Morgan fingerprint density at radius 2 is 1.85 bits per heavy atom. The molecule has 0 aromatic carbocycles. The minimum absolute atomic E-state index is 0.0221. The molecule has 2 atom stereocenters. The first kappa shape index (κ1) is 30.6. The van der Waals surface area contributed by atoms with Crippen molar-refractivity contribution in [3.8, 4) is 6.07 Å². The summed E-state index contributed by atoms with van der Waals surface area (Å²) >= 11 is 1.38. The third-order valence-corrected chi connectivity index (χ3v) is 11.0. The van der Waals surface area contributed by atoms with Gasteiger partial charge in [0.2, 0.25) is 0 Å². The van der Waals surface area contributed by atoms with Gasteiger partial charge in [-0.2, -0.15) is 5.26 Å². The number of nitrogen functional groups attached to an aromatic ring is 1. The number of hydrogen-bond acceptors (Lipinski definition) is 10. The first-order chi connectivity index (χ1) is 22.5. The fourth-order valence-corrected chi connectivity index (χ4v) is 8.40. The number of carbonyl (C=O) groups excluding carboxylic acids is 1. The molecule has 1 saturated heterocycles. The van der Waals surface area contributed by atoms with E-state index in [4.69, 9.17) is 25.4 Å². The normalized spacial score (nSPS) is 23.2. The van der Waals surface area contributed by atoms with E-state index >= 15 is 0 Å². The molecule has 238 valence electrons. The molecule has 10 heteroatoms. The van der Waals surface area contributed by atoms with E-state index in [1.807, 2.05) is 32.1 Å². The molecule has 0 saturated carbocycles. The van der Waals surface area contributed by atoms with Crippen LogP contribution in [0.2, 0.25) is 0 Å². The Balaban J connectivity index is 1.48. The van der Waals surface area contributed by atoms with E-state index in [2.05, 4.69) is 38.2 Å². The first-order valence-corrected chi connectivity index (χ1v) is 16.7. The average molecular weight is 645 g/mol. The summed E-state index contributed by atoms with van der Waals surface area (Å²) in [5.41, 5.74) is 20.2. The maximum absolute atomic E-state index is 12.3. The van der Waals surface area contributed by atoms with E-state index in [-0.39, 0.29) is 24.2 Å². The van der Waals surface area contributed by atoms with Crippen molar-refractivity contribution in [1.29, 1.82) is 5.26 Å². The van der Waals surface area contributed by atoms with Gasteiger partial charge < -0.3 is 20.9 Å². The number of fused-ring (bicyclic) bond motifs is 5. The number of aliphatic imine (C=N–C) groups is 3. The second kappa shape index (κ2) is 11.4. The van der Waals surface area contributed by atoms with Crippen molar-refractivity contribution in [2.75, 3.05) is 12.8 Å². The van der Waals surface area contributed by atoms with Gasteiger partial charge in [0, 0.05) is 57.7 Å². The molecule has 47 heavy (non-hydrogen) atoms. The summed E-state index contributed by atoms with van der Waals surface area (Å²) in [6, 6.07) is 4.05. The van der Waals surface area contributed by atoms with Crippen molar-refractivity contribution in [1.82, 2.24) is 5.32 Å². The lowest BCUT2D eigenvalue weighted by atomic mass is 9.86. The molecule has 6 aliphatic rings. The standard InChI is InChI=1S/C37H36N6O3S/c1-7-21-16(2)24-14-29-33(31-10-20(15-38)37(39)47-31)18(4)26(41-29)12-25-17(3)22(8-9-32(45)46-6)35(42-25)23-11-30(44)34-19(5)27(43-36(23)34)13-28(21)40-24/h10,12-14,17,22,42,44H,7-9,11,39H2,1-6H3/t17-,22-/m0/s1. The fraction of sp³-hybridized carbons (Fsp3) is 0.324. The molecule has 0 amide bonds. The Hall–Kier alpha value is -5.01. The number of anilines is 1. The topological polar surface area (TPSA) is 145 Å². The molecule has 9 nitrogen and oxygen atoms in total. The lowest BCUT2D eigenvalue weighted by Gasteiger charge is -2.17. The zero-order chi connectivity index (χ0) is 33.3.